The topological polar surface area (TPSA) is 82.7 Å². The van der Waals surface area contributed by atoms with Gasteiger partial charge in [-0.3, -0.25) is 10.1 Å². The van der Waals surface area contributed by atoms with Crippen LogP contribution >= 0.6 is 35.0 Å². The second kappa shape index (κ2) is 11.7. The molecule has 0 bridgehead atoms. The highest BCUT2D eigenvalue weighted by molar-refractivity contribution is 8.01. The molecular weight excluding hydrogens is 507 g/mol. The van der Waals surface area contributed by atoms with Crippen molar-refractivity contribution in [3.05, 3.63) is 58.1 Å². The van der Waals surface area contributed by atoms with Crippen molar-refractivity contribution in [3.8, 4) is 5.75 Å². The maximum atomic E-state index is 12.8. The molecule has 2 aromatic carbocycles. The molecule has 7 nitrogen and oxygen atoms in total. The molecule has 2 fully saturated rings. The molecule has 188 valence electrons. The van der Waals surface area contributed by atoms with E-state index in [1.54, 1.807) is 23.9 Å². The number of para-hydroxylation sites is 2. The zero-order valence-corrected chi connectivity index (χ0v) is 21.9. The minimum atomic E-state index is -0.251. The zero-order valence-electron chi connectivity index (χ0n) is 19.6. The Kier molecular flexibility index (Phi) is 8.70. The summed E-state index contributed by atoms with van der Waals surface area (Å²) in [5.41, 5.74) is 1.63. The van der Waals surface area contributed by atoms with E-state index in [-0.39, 0.29) is 22.9 Å². The maximum absolute atomic E-state index is 12.8. The first-order valence-electron chi connectivity index (χ1n) is 11.8. The van der Waals surface area contributed by atoms with Gasteiger partial charge in [0.2, 0.25) is 5.91 Å². The number of likely N-dealkylation sites (tertiary alicyclic amines) is 1. The Hall–Kier alpha value is -2.13. The second-order valence-corrected chi connectivity index (χ2v) is 10.9. The van der Waals surface area contributed by atoms with Crippen LogP contribution in [0.15, 0.2) is 42.5 Å². The van der Waals surface area contributed by atoms with Gasteiger partial charge in [-0.25, -0.2) is 4.79 Å². The predicted octanol–water partition coefficient (Wildman–Crippen LogP) is 4.78. The van der Waals surface area contributed by atoms with Crippen molar-refractivity contribution in [2.75, 3.05) is 37.3 Å². The molecule has 0 aromatic heterocycles. The highest BCUT2D eigenvalue weighted by atomic mass is 35.5. The first-order valence-corrected chi connectivity index (χ1v) is 13.5. The van der Waals surface area contributed by atoms with E-state index in [0.29, 0.717) is 59.9 Å². The predicted molar refractivity (Wildman–Crippen MR) is 143 cm³/mol. The van der Waals surface area contributed by atoms with Crippen molar-refractivity contribution in [1.29, 1.82) is 0 Å². The molecule has 2 saturated heterocycles. The summed E-state index contributed by atoms with van der Waals surface area (Å²) in [6, 6.07) is 12.5. The number of hydrogen-bond donors (Lipinski definition) is 3. The molecule has 1 spiro atoms. The number of urea groups is 1. The van der Waals surface area contributed by atoms with Crippen molar-refractivity contribution in [2.45, 2.75) is 37.1 Å². The number of amides is 3. The Bertz CT molecular complexity index is 1060. The molecule has 4 rings (SSSR count). The summed E-state index contributed by atoms with van der Waals surface area (Å²) in [6.45, 7) is 4.19. The quantitative estimate of drug-likeness (QED) is 0.474. The molecular formula is C25H30Cl2N4O3S. The molecule has 2 aliphatic rings. The van der Waals surface area contributed by atoms with Crippen molar-refractivity contribution >= 4 is 52.6 Å². The molecule has 1 unspecified atom stereocenters. The Morgan fingerprint density at radius 1 is 1.20 bits per heavy atom. The van der Waals surface area contributed by atoms with E-state index in [1.807, 2.05) is 42.2 Å². The van der Waals surface area contributed by atoms with Crippen molar-refractivity contribution in [3.63, 3.8) is 0 Å². The van der Waals surface area contributed by atoms with Gasteiger partial charge in [0.05, 0.1) is 23.2 Å². The number of halogens is 2. The zero-order chi connectivity index (χ0) is 24.8. The number of thioether (sulfide) groups is 1. The van der Waals surface area contributed by atoms with Crippen LogP contribution in [-0.4, -0.2) is 59.7 Å². The van der Waals surface area contributed by atoms with Gasteiger partial charge in [-0.05, 0) is 56.0 Å². The molecule has 0 saturated carbocycles. The fraction of sp³-hybridized carbons (Fsp3) is 0.440. The first-order chi connectivity index (χ1) is 16.9. The summed E-state index contributed by atoms with van der Waals surface area (Å²) < 4.78 is 5.60. The summed E-state index contributed by atoms with van der Waals surface area (Å²) in [5.74, 6) is 1.37. The minimum absolute atomic E-state index is 0.00725. The molecule has 2 aromatic rings. The van der Waals surface area contributed by atoms with Gasteiger partial charge in [-0.15, -0.1) is 11.8 Å². The summed E-state index contributed by atoms with van der Waals surface area (Å²) in [7, 11) is 0. The van der Waals surface area contributed by atoms with Gasteiger partial charge in [0.25, 0.3) is 0 Å². The average molecular weight is 538 g/mol. The van der Waals surface area contributed by atoms with Gasteiger partial charge >= 0.3 is 6.03 Å². The van der Waals surface area contributed by atoms with Crippen LogP contribution in [0.3, 0.4) is 0 Å². The third-order valence-electron chi connectivity index (χ3n) is 6.28. The molecule has 3 N–H and O–H groups in total. The van der Waals surface area contributed by atoms with Crippen LogP contribution in [0.25, 0.3) is 0 Å². The summed E-state index contributed by atoms with van der Waals surface area (Å²) in [5, 5.41) is 10.7. The molecule has 0 aliphatic carbocycles. The lowest BCUT2D eigenvalue weighted by molar-refractivity contribution is -0.122. The highest BCUT2D eigenvalue weighted by Gasteiger charge is 2.44. The van der Waals surface area contributed by atoms with Crippen molar-refractivity contribution < 1.29 is 14.3 Å². The van der Waals surface area contributed by atoms with Gasteiger partial charge in [0.1, 0.15) is 5.75 Å². The lowest BCUT2D eigenvalue weighted by Crippen LogP contribution is -2.55. The number of anilines is 1. The van der Waals surface area contributed by atoms with Crippen molar-refractivity contribution in [2.24, 2.45) is 0 Å². The molecule has 10 heteroatoms. The molecule has 0 radical (unpaired) electrons. The summed E-state index contributed by atoms with van der Waals surface area (Å²) in [6.07, 6.45) is 2.20. The number of carbonyl (C=O) groups excluding carboxylic acids is 2. The van der Waals surface area contributed by atoms with Gasteiger partial charge in [-0.1, -0.05) is 41.4 Å². The van der Waals surface area contributed by atoms with E-state index in [9.17, 15) is 9.59 Å². The largest absolute Gasteiger partial charge is 0.492 e. The minimum Gasteiger partial charge on any atom is -0.492 e. The lowest BCUT2D eigenvalue weighted by atomic mass is 10.0. The molecule has 1 atom stereocenters. The Balaban J connectivity index is 1.23. The monoisotopic (exact) mass is 536 g/mol. The average Bonchev–Trinajstić information content (AvgIpc) is 3.26. The summed E-state index contributed by atoms with van der Waals surface area (Å²) >= 11 is 13.9. The number of nitrogens with one attached hydrogen (secondary N) is 3. The highest BCUT2D eigenvalue weighted by Crippen LogP contribution is 2.39. The first kappa shape index (κ1) is 25.9. The van der Waals surface area contributed by atoms with Gasteiger partial charge in [-0.2, -0.15) is 0 Å². The van der Waals surface area contributed by atoms with E-state index in [0.717, 1.165) is 18.4 Å². The third kappa shape index (κ3) is 6.55. The van der Waals surface area contributed by atoms with Crippen LogP contribution in [0, 0.1) is 0 Å². The number of hydrogen-bond acceptors (Lipinski definition) is 5. The van der Waals surface area contributed by atoms with Crippen LogP contribution in [0.1, 0.15) is 25.3 Å². The normalized spacial score (nSPS) is 18.9. The maximum Gasteiger partial charge on any atom is 0.321 e. The second-order valence-electron chi connectivity index (χ2n) is 8.63. The Morgan fingerprint density at radius 2 is 1.97 bits per heavy atom. The number of nitrogens with zero attached hydrogens (tertiary/aromatic N) is 1. The molecule has 2 heterocycles. The Morgan fingerprint density at radius 3 is 2.71 bits per heavy atom. The van der Waals surface area contributed by atoms with E-state index in [4.69, 9.17) is 27.9 Å². The van der Waals surface area contributed by atoms with Crippen LogP contribution < -0.4 is 20.7 Å². The van der Waals surface area contributed by atoms with Crippen molar-refractivity contribution in [1.82, 2.24) is 15.5 Å². The lowest BCUT2D eigenvalue weighted by Gasteiger charge is -2.39. The Labute approximate surface area is 220 Å². The fourth-order valence-electron chi connectivity index (χ4n) is 4.36. The number of ether oxygens (including phenoxy) is 1. The van der Waals surface area contributed by atoms with Gasteiger partial charge in [0, 0.05) is 35.4 Å². The molecule has 35 heavy (non-hydrogen) atoms. The molecule has 3 amide bonds. The molecule has 2 aliphatic heterocycles. The smallest absolute Gasteiger partial charge is 0.321 e. The summed E-state index contributed by atoms with van der Waals surface area (Å²) in [4.78, 5) is 27.2. The van der Waals surface area contributed by atoms with E-state index in [2.05, 4.69) is 16.0 Å². The van der Waals surface area contributed by atoms with Gasteiger partial charge in [0.15, 0.2) is 0 Å². The fourth-order valence-corrected chi connectivity index (χ4v) is 6.28. The number of carbonyl (C=O) groups is 2. The van der Waals surface area contributed by atoms with E-state index in [1.165, 1.54) is 0 Å². The van der Waals surface area contributed by atoms with Crippen LogP contribution in [0.5, 0.6) is 5.75 Å². The number of benzene rings is 2. The van der Waals surface area contributed by atoms with E-state index < -0.39 is 0 Å². The van der Waals surface area contributed by atoms with Crippen LogP contribution in [-0.2, 0) is 11.2 Å². The third-order valence-corrected chi connectivity index (χ3v) is 8.44. The van der Waals surface area contributed by atoms with Crippen LogP contribution in [0.2, 0.25) is 10.0 Å². The van der Waals surface area contributed by atoms with Crippen LogP contribution in [0.4, 0.5) is 10.5 Å². The van der Waals surface area contributed by atoms with Gasteiger partial charge < -0.3 is 20.3 Å². The number of rotatable bonds is 7. The number of piperidine rings is 1. The standard InChI is InChI=1S/C25H30Cl2N4O3S/c1-2-34-22-6-4-3-5-20(22)29-24(33)31-13-10-25(11-14-31)30-21(16-35-25)23(32)28-12-9-17-7-8-18(26)15-19(17)27/h3-8,15,21,30H,2,9-14,16H2,1H3,(H,28,32)(H,29,33). The SMILES string of the molecule is CCOc1ccccc1NC(=O)N1CCC2(CC1)NC(C(=O)NCCc1ccc(Cl)cc1Cl)CS2. The van der Waals surface area contributed by atoms with E-state index >= 15 is 0 Å².